The van der Waals surface area contributed by atoms with Gasteiger partial charge in [-0.1, -0.05) is 0 Å². The van der Waals surface area contributed by atoms with Gasteiger partial charge in [-0.3, -0.25) is 4.98 Å². The Morgan fingerprint density at radius 2 is 2.18 bits per heavy atom. The molecule has 1 fully saturated rings. The molecule has 7 heteroatoms. The van der Waals surface area contributed by atoms with E-state index < -0.39 is 0 Å². The molecule has 1 saturated heterocycles. The van der Waals surface area contributed by atoms with E-state index in [1.165, 1.54) is 0 Å². The zero-order chi connectivity index (χ0) is 15.5. The van der Waals surface area contributed by atoms with Crippen molar-refractivity contribution in [3.05, 3.63) is 42.2 Å². The van der Waals surface area contributed by atoms with Crippen LogP contribution < -0.4 is 5.32 Å². The third kappa shape index (κ3) is 2.79. The van der Waals surface area contributed by atoms with Crippen molar-refractivity contribution in [2.45, 2.75) is 31.8 Å². The van der Waals surface area contributed by atoms with Gasteiger partial charge in [0.05, 0.1) is 12.1 Å². The lowest BCUT2D eigenvalue weighted by Gasteiger charge is -2.26. The molecule has 2 atom stereocenters. The molecular formula is C15H20N6O. The molecule has 0 spiro atoms. The summed E-state index contributed by atoms with van der Waals surface area (Å²) in [6.45, 7) is 2.68. The van der Waals surface area contributed by atoms with Gasteiger partial charge in [0.1, 0.15) is 6.33 Å². The summed E-state index contributed by atoms with van der Waals surface area (Å²) >= 11 is 0. The van der Waals surface area contributed by atoms with Gasteiger partial charge in [-0.25, -0.2) is 4.79 Å². The first-order chi connectivity index (χ1) is 10.7. The van der Waals surface area contributed by atoms with Crippen LogP contribution in [0.15, 0.2) is 30.9 Å². The van der Waals surface area contributed by atoms with Crippen LogP contribution in [0.5, 0.6) is 0 Å². The molecule has 0 aliphatic carbocycles. The number of hydrogen-bond acceptors (Lipinski definition) is 4. The van der Waals surface area contributed by atoms with Crippen molar-refractivity contribution in [2.24, 2.45) is 7.05 Å². The lowest BCUT2D eigenvalue weighted by atomic mass is 10.1. The molecular weight excluding hydrogens is 280 g/mol. The first-order valence-corrected chi connectivity index (χ1v) is 7.48. The molecule has 22 heavy (non-hydrogen) atoms. The Labute approximate surface area is 129 Å². The Morgan fingerprint density at radius 3 is 2.86 bits per heavy atom. The Morgan fingerprint density at radius 1 is 1.41 bits per heavy atom. The van der Waals surface area contributed by atoms with E-state index in [4.69, 9.17) is 0 Å². The number of carbonyl (C=O) groups excluding carboxylic acids is 1. The minimum absolute atomic E-state index is 0.0604. The molecule has 2 aromatic rings. The number of aromatic nitrogens is 4. The summed E-state index contributed by atoms with van der Waals surface area (Å²) in [5.41, 5.74) is 1.13. The highest BCUT2D eigenvalue weighted by atomic mass is 16.2. The highest BCUT2D eigenvalue weighted by molar-refractivity contribution is 5.75. The maximum Gasteiger partial charge on any atom is 0.318 e. The maximum absolute atomic E-state index is 12.6. The maximum atomic E-state index is 12.6. The van der Waals surface area contributed by atoms with Crippen molar-refractivity contribution < 1.29 is 4.79 Å². The SMILES string of the molecule is C[C@H](NC(=O)N1CCC[C@@H]1c1ccncc1)c1nncn1C. The Balaban J connectivity index is 1.70. The number of urea groups is 1. The Kier molecular flexibility index (Phi) is 4.04. The average molecular weight is 300 g/mol. The zero-order valence-corrected chi connectivity index (χ0v) is 12.8. The molecule has 1 aliphatic heterocycles. The van der Waals surface area contributed by atoms with Gasteiger partial charge < -0.3 is 14.8 Å². The summed E-state index contributed by atoms with van der Waals surface area (Å²) in [6, 6.07) is 3.83. The van der Waals surface area contributed by atoms with Crippen LogP contribution in [-0.4, -0.2) is 37.2 Å². The minimum atomic E-state index is -0.182. The number of nitrogens with zero attached hydrogens (tertiary/aromatic N) is 5. The van der Waals surface area contributed by atoms with Gasteiger partial charge in [-0.2, -0.15) is 0 Å². The average Bonchev–Trinajstić information content (AvgIpc) is 3.16. The molecule has 1 aliphatic rings. The largest absolute Gasteiger partial charge is 0.328 e. The van der Waals surface area contributed by atoms with Crippen LogP contribution in [-0.2, 0) is 7.05 Å². The first-order valence-electron chi connectivity index (χ1n) is 7.48. The van der Waals surface area contributed by atoms with E-state index >= 15 is 0 Å². The van der Waals surface area contributed by atoms with Gasteiger partial charge in [0.2, 0.25) is 0 Å². The molecule has 1 N–H and O–H groups in total. The molecule has 7 nitrogen and oxygen atoms in total. The van der Waals surface area contributed by atoms with Gasteiger partial charge >= 0.3 is 6.03 Å². The number of amides is 2. The number of carbonyl (C=O) groups is 1. The molecule has 0 radical (unpaired) electrons. The summed E-state index contributed by atoms with van der Waals surface area (Å²) in [5.74, 6) is 0.744. The first kappa shape index (κ1) is 14.5. The number of pyridine rings is 1. The molecule has 0 aromatic carbocycles. The zero-order valence-electron chi connectivity index (χ0n) is 12.8. The van der Waals surface area contributed by atoms with Gasteiger partial charge in [-0.05, 0) is 37.5 Å². The van der Waals surface area contributed by atoms with Crippen molar-refractivity contribution in [3.63, 3.8) is 0 Å². The van der Waals surface area contributed by atoms with Crippen molar-refractivity contribution in [1.29, 1.82) is 0 Å². The van der Waals surface area contributed by atoms with E-state index in [1.807, 2.05) is 35.6 Å². The van der Waals surface area contributed by atoms with Gasteiger partial charge in [0.15, 0.2) is 5.82 Å². The van der Waals surface area contributed by atoms with E-state index in [-0.39, 0.29) is 18.1 Å². The number of likely N-dealkylation sites (tertiary alicyclic amines) is 1. The van der Waals surface area contributed by atoms with Crippen molar-refractivity contribution in [1.82, 2.24) is 30.0 Å². The normalized spacial score (nSPS) is 19.2. The van der Waals surface area contributed by atoms with Crippen LogP contribution in [0, 0.1) is 0 Å². The third-order valence-corrected chi connectivity index (χ3v) is 4.08. The summed E-state index contributed by atoms with van der Waals surface area (Å²) in [6.07, 6.45) is 7.17. The molecule has 0 unspecified atom stereocenters. The Bertz CT molecular complexity index is 640. The quantitative estimate of drug-likeness (QED) is 0.938. The number of nitrogens with one attached hydrogen (secondary N) is 1. The Hall–Kier alpha value is -2.44. The topological polar surface area (TPSA) is 75.9 Å². The van der Waals surface area contributed by atoms with Crippen molar-refractivity contribution in [3.8, 4) is 0 Å². The second kappa shape index (κ2) is 6.13. The van der Waals surface area contributed by atoms with Crippen LogP contribution >= 0.6 is 0 Å². The van der Waals surface area contributed by atoms with Crippen LogP contribution in [0.2, 0.25) is 0 Å². The van der Waals surface area contributed by atoms with Crippen molar-refractivity contribution in [2.75, 3.05) is 6.54 Å². The fourth-order valence-electron chi connectivity index (χ4n) is 2.96. The standard InChI is InChI=1S/C15H20N6O/c1-11(14-19-17-10-20(14)2)18-15(22)21-9-3-4-13(21)12-5-7-16-8-6-12/h5-8,10-11,13H,3-4,9H2,1-2H3,(H,18,22)/t11-,13+/m0/s1. The molecule has 2 amide bonds. The molecule has 116 valence electrons. The van der Waals surface area contributed by atoms with E-state index in [0.29, 0.717) is 0 Å². The summed E-state index contributed by atoms with van der Waals surface area (Å²) in [7, 11) is 1.87. The van der Waals surface area contributed by atoms with Gasteiger partial charge in [0.25, 0.3) is 0 Å². The van der Waals surface area contributed by atoms with E-state index in [1.54, 1.807) is 18.7 Å². The van der Waals surface area contributed by atoms with Crippen LogP contribution in [0.3, 0.4) is 0 Å². The lowest BCUT2D eigenvalue weighted by molar-refractivity contribution is 0.189. The molecule has 2 aromatic heterocycles. The lowest BCUT2D eigenvalue weighted by Crippen LogP contribution is -2.41. The second-order valence-electron chi connectivity index (χ2n) is 5.60. The van der Waals surface area contributed by atoms with E-state index in [2.05, 4.69) is 20.5 Å². The predicted octanol–water partition coefficient (Wildman–Crippen LogP) is 1.82. The molecule has 3 rings (SSSR count). The van der Waals surface area contributed by atoms with E-state index in [0.717, 1.165) is 30.8 Å². The summed E-state index contributed by atoms with van der Waals surface area (Å²) in [5, 5.41) is 10.9. The third-order valence-electron chi connectivity index (χ3n) is 4.08. The highest BCUT2D eigenvalue weighted by Gasteiger charge is 2.31. The fraction of sp³-hybridized carbons (Fsp3) is 0.467. The number of hydrogen-bond donors (Lipinski definition) is 1. The smallest absolute Gasteiger partial charge is 0.318 e. The fourth-order valence-corrected chi connectivity index (χ4v) is 2.96. The predicted molar refractivity (Wildman–Crippen MR) is 80.9 cm³/mol. The molecule has 3 heterocycles. The van der Waals surface area contributed by atoms with E-state index in [9.17, 15) is 4.79 Å². The summed E-state index contributed by atoms with van der Waals surface area (Å²) < 4.78 is 1.81. The van der Waals surface area contributed by atoms with Gasteiger partial charge in [-0.15, -0.1) is 10.2 Å². The van der Waals surface area contributed by atoms with Crippen LogP contribution in [0.25, 0.3) is 0 Å². The number of rotatable bonds is 3. The van der Waals surface area contributed by atoms with Crippen molar-refractivity contribution >= 4 is 6.03 Å². The molecule has 0 saturated carbocycles. The molecule has 0 bridgehead atoms. The summed E-state index contributed by atoms with van der Waals surface area (Å²) in [4.78, 5) is 18.5. The van der Waals surface area contributed by atoms with Crippen LogP contribution in [0.1, 0.15) is 43.2 Å². The van der Waals surface area contributed by atoms with Crippen LogP contribution in [0.4, 0.5) is 4.79 Å². The second-order valence-corrected chi connectivity index (χ2v) is 5.60. The van der Waals surface area contributed by atoms with Gasteiger partial charge in [0, 0.05) is 26.0 Å². The highest BCUT2D eigenvalue weighted by Crippen LogP contribution is 2.31. The minimum Gasteiger partial charge on any atom is -0.328 e. The monoisotopic (exact) mass is 300 g/mol. The number of aryl methyl sites for hydroxylation is 1.